The zero-order valence-corrected chi connectivity index (χ0v) is 10.8. The topological polar surface area (TPSA) is 23.5 Å². The highest BCUT2D eigenvalue weighted by molar-refractivity contribution is 5.25. The van der Waals surface area contributed by atoms with Crippen LogP contribution in [0.4, 0.5) is 0 Å². The molecule has 1 N–H and O–H groups in total. The van der Waals surface area contributed by atoms with Crippen molar-refractivity contribution in [3.05, 3.63) is 11.6 Å². The van der Waals surface area contributed by atoms with E-state index in [0.29, 0.717) is 6.04 Å². The zero-order valence-electron chi connectivity index (χ0n) is 10.8. The molecule has 1 aliphatic carbocycles. The highest BCUT2D eigenvalue weighted by Crippen LogP contribution is 2.42. The van der Waals surface area contributed by atoms with Crippen LogP contribution in [0.1, 0.15) is 57.8 Å². The van der Waals surface area contributed by atoms with Crippen LogP contribution in [0.2, 0.25) is 0 Å². The largest absolute Gasteiger partial charge is 0.384 e. The Hall–Kier alpha value is -0.340. The molecule has 17 heavy (non-hydrogen) atoms. The molecule has 2 fully saturated rings. The van der Waals surface area contributed by atoms with Gasteiger partial charge in [0.15, 0.2) is 0 Å². The monoisotopic (exact) mass is 235 g/mol. The van der Waals surface area contributed by atoms with Crippen molar-refractivity contribution in [1.29, 1.82) is 0 Å². The molecule has 2 atom stereocenters. The van der Waals surface area contributed by atoms with Gasteiger partial charge in [-0.25, -0.2) is 0 Å². The summed E-state index contributed by atoms with van der Waals surface area (Å²) in [5.74, 6) is 0. The molecular formula is C15H25NO. The molecule has 0 saturated carbocycles. The number of rotatable bonds is 1. The van der Waals surface area contributed by atoms with E-state index in [1.807, 2.05) is 0 Å². The Kier molecular flexibility index (Phi) is 3.27. The Bertz CT molecular complexity index is 312. The smallest absolute Gasteiger partial charge is 0.102 e. The molecular weight excluding hydrogens is 210 g/mol. The predicted octanol–water partition coefficient (Wildman–Crippen LogP) is 2.87. The average molecular weight is 235 g/mol. The molecule has 0 radical (unpaired) electrons. The number of hydrogen-bond donors (Lipinski definition) is 1. The van der Waals surface area contributed by atoms with Crippen LogP contribution in [-0.2, 0) is 0 Å². The number of nitrogens with zero attached hydrogens (tertiary/aromatic N) is 1. The van der Waals surface area contributed by atoms with Gasteiger partial charge < -0.3 is 5.11 Å². The number of hydrogen-bond acceptors (Lipinski definition) is 2. The van der Waals surface area contributed by atoms with Crippen molar-refractivity contribution in [2.75, 3.05) is 13.1 Å². The van der Waals surface area contributed by atoms with Gasteiger partial charge in [0.25, 0.3) is 0 Å². The second kappa shape index (κ2) is 4.74. The summed E-state index contributed by atoms with van der Waals surface area (Å²) >= 11 is 0. The highest BCUT2D eigenvalue weighted by Gasteiger charge is 2.49. The van der Waals surface area contributed by atoms with E-state index in [1.165, 1.54) is 57.1 Å². The van der Waals surface area contributed by atoms with Crippen molar-refractivity contribution in [2.24, 2.45) is 0 Å². The van der Waals surface area contributed by atoms with Crippen LogP contribution in [0.25, 0.3) is 0 Å². The van der Waals surface area contributed by atoms with E-state index in [-0.39, 0.29) is 0 Å². The van der Waals surface area contributed by atoms with E-state index in [0.717, 1.165) is 19.4 Å². The lowest BCUT2D eigenvalue weighted by Gasteiger charge is -2.33. The summed E-state index contributed by atoms with van der Waals surface area (Å²) < 4.78 is 0. The van der Waals surface area contributed by atoms with Crippen molar-refractivity contribution in [2.45, 2.75) is 69.4 Å². The SMILES string of the molecule is OC1(C2=CCCCCCC2)CCN2CCCC21. The molecule has 0 bridgehead atoms. The Balaban J connectivity index is 1.80. The first-order valence-electron chi connectivity index (χ1n) is 7.47. The van der Waals surface area contributed by atoms with Crippen LogP contribution in [-0.4, -0.2) is 34.7 Å². The van der Waals surface area contributed by atoms with E-state index >= 15 is 0 Å². The maximum absolute atomic E-state index is 11.1. The second-order valence-electron chi connectivity index (χ2n) is 6.05. The summed E-state index contributed by atoms with van der Waals surface area (Å²) in [4.78, 5) is 2.51. The van der Waals surface area contributed by atoms with E-state index < -0.39 is 5.60 Å². The number of aliphatic hydroxyl groups is 1. The van der Waals surface area contributed by atoms with Gasteiger partial charge in [-0.1, -0.05) is 18.9 Å². The lowest BCUT2D eigenvalue weighted by molar-refractivity contribution is 0.0447. The molecule has 0 aromatic carbocycles. The molecule has 2 unspecified atom stereocenters. The molecule has 3 aliphatic rings. The molecule has 2 heterocycles. The minimum Gasteiger partial charge on any atom is -0.384 e. The lowest BCUT2D eigenvalue weighted by atomic mass is 9.81. The van der Waals surface area contributed by atoms with Gasteiger partial charge in [0.2, 0.25) is 0 Å². The average Bonchev–Trinajstić information content (AvgIpc) is 2.83. The summed E-state index contributed by atoms with van der Waals surface area (Å²) in [6.45, 7) is 2.32. The Morgan fingerprint density at radius 2 is 2.00 bits per heavy atom. The molecule has 0 spiro atoms. The summed E-state index contributed by atoms with van der Waals surface area (Å²) in [7, 11) is 0. The molecule has 0 aromatic heterocycles. The third-order valence-electron chi connectivity index (χ3n) is 5.04. The van der Waals surface area contributed by atoms with Crippen molar-refractivity contribution in [3.8, 4) is 0 Å². The molecule has 96 valence electrons. The standard InChI is InChI=1S/C15H25NO/c17-15(10-12-16-11-6-9-14(15)16)13-7-4-2-1-3-5-8-13/h7,14,17H,1-6,8-12H2. The maximum Gasteiger partial charge on any atom is 0.102 e. The van der Waals surface area contributed by atoms with Crippen molar-refractivity contribution < 1.29 is 5.11 Å². The Morgan fingerprint density at radius 1 is 1.12 bits per heavy atom. The number of allylic oxidation sites excluding steroid dienone is 1. The van der Waals surface area contributed by atoms with E-state index in [2.05, 4.69) is 11.0 Å². The van der Waals surface area contributed by atoms with E-state index in [4.69, 9.17) is 0 Å². The molecule has 3 rings (SSSR count). The van der Waals surface area contributed by atoms with E-state index in [1.54, 1.807) is 0 Å². The van der Waals surface area contributed by atoms with E-state index in [9.17, 15) is 5.11 Å². The maximum atomic E-state index is 11.1. The van der Waals surface area contributed by atoms with Crippen LogP contribution in [0.5, 0.6) is 0 Å². The summed E-state index contributed by atoms with van der Waals surface area (Å²) in [5, 5.41) is 11.1. The normalized spacial score (nSPS) is 39.6. The second-order valence-corrected chi connectivity index (χ2v) is 6.05. The highest BCUT2D eigenvalue weighted by atomic mass is 16.3. The van der Waals surface area contributed by atoms with Crippen molar-refractivity contribution in [3.63, 3.8) is 0 Å². The molecule has 0 aromatic rings. The Morgan fingerprint density at radius 3 is 2.94 bits per heavy atom. The van der Waals surface area contributed by atoms with Gasteiger partial charge in [0.1, 0.15) is 5.60 Å². The molecule has 2 aliphatic heterocycles. The lowest BCUT2D eigenvalue weighted by Crippen LogP contribution is -2.43. The Labute approximate surface area is 105 Å². The third kappa shape index (κ3) is 2.06. The van der Waals surface area contributed by atoms with Crippen LogP contribution < -0.4 is 0 Å². The van der Waals surface area contributed by atoms with Crippen LogP contribution >= 0.6 is 0 Å². The number of fused-ring (bicyclic) bond motifs is 1. The molecule has 2 nitrogen and oxygen atoms in total. The quantitative estimate of drug-likeness (QED) is 0.706. The fraction of sp³-hybridized carbons (Fsp3) is 0.867. The van der Waals surface area contributed by atoms with Gasteiger partial charge in [0.05, 0.1) is 0 Å². The van der Waals surface area contributed by atoms with Gasteiger partial charge in [-0.05, 0) is 57.1 Å². The van der Waals surface area contributed by atoms with Crippen molar-refractivity contribution >= 4 is 0 Å². The molecule has 0 amide bonds. The molecule has 2 saturated heterocycles. The fourth-order valence-corrected chi connectivity index (χ4v) is 4.07. The van der Waals surface area contributed by atoms with Crippen LogP contribution in [0, 0.1) is 0 Å². The first kappa shape index (κ1) is 11.7. The van der Waals surface area contributed by atoms with Gasteiger partial charge in [-0.2, -0.15) is 0 Å². The summed E-state index contributed by atoms with van der Waals surface area (Å²) in [5.41, 5.74) is 0.917. The first-order chi connectivity index (χ1) is 8.31. The fourth-order valence-electron chi connectivity index (χ4n) is 4.07. The first-order valence-corrected chi connectivity index (χ1v) is 7.47. The van der Waals surface area contributed by atoms with Gasteiger partial charge in [0, 0.05) is 12.6 Å². The van der Waals surface area contributed by atoms with Crippen molar-refractivity contribution in [1.82, 2.24) is 4.90 Å². The van der Waals surface area contributed by atoms with Gasteiger partial charge >= 0.3 is 0 Å². The van der Waals surface area contributed by atoms with Gasteiger partial charge in [-0.15, -0.1) is 0 Å². The predicted molar refractivity (Wildman–Crippen MR) is 69.9 cm³/mol. The minimum atomic E-state index is -0.464. The zero-order chi connectivity index (χ0) is 11.7. The van der Waals surface area contributed by atoms with Crippen LogP contribution in [0.15, 0.2) is 11.6 Å². The summed E-state index contributed by atoms with van der Waals surface area (Å²) in [6.07, 6.45) is 13.5. The summed E-state index contributed by atoms with van der Waals surface area (Å²) in [6, 6.07) is 0.438. The minimum absolute atomic E-state index is 0.438. The van der Waals surface area contributed by atoms with Gasteiger partial charge in [-0.3, -0.25) is 4.90 Å². The molecule has 2 heteroatoms. The third-order valence-corrected chi connectivity index (χ3v) is 5.04. The van der Waals surface area contributed by atoms with Crippen LogP contribution in [0.3, 0.4) is 0 Å².